The minimum atomic E-state index is -0.772. The average Bonchev–Trinajstić information content (AvgIpc) is 2.37. The fourth-order valence-corrected chi connectivity index (χ4v) is 2.22. The van der Waals surface area contributed by atoms with Gasteiger partial charge in [0.2, 0.25) is 5.91 Å². The van der Waals surface area contributed by atoms with Gasteiger partial charge in [0, 0.05) is 19.4 Å². The fourth-order valence-electron chi connectivity index (χ4n) is 2.22. The topological polar surface area (TPSA) is 78.4 Å². The molecule has 5 heteroatoms. The SMILES string of the molecule is O=C(O)CCCCNC(=O)CCC1CCCNC1. The van der Waals surface area contributed by atoms with Crippen LogP contribution in [0.3, 0.4) is 0 Å². The Kier molecular flexibility index (Phi) is 7.41. The molecule has 104 valence electrons. The second-order valence-corrected chi connectivity index (χ2v) is 4.95. The van der Waals surface area contributed by atoms with Crippen LogP contribution in [0.5, 0.6) is 0 Å². The summed E-state index contributed by atoms with van der Waals surface area (Å²) in [5.41, 5.74) is 0. The molecule has 1 atom stereocenters. The van der Waals surface area contributed by atoms with Crippen LogP contribution in [0.1, 0.15) is 44.9 Å². The van der Waals surface area contributed by atoms with E-state index in [2.05, 4.69) is 10.6 Å². The van der Waals surface area contributed by atoms with Crippen LogP contribution in [0.2, 0.25) is 0 Å². The van der Waals surface area contributed by atoms with Crippen molar-refractivity contribution in [3.8, 4) is 0 Å². The van der Waals surface area contributed by atoms with Crippen molar-refractivity contribution in [1.29, 1.82) is 0 Å². The van der Waals surface area contributed by atoms with E-state index < -0.39 is 5.97 Å². The summed E-state index contributed by atoms with van der Waals surface area (Å²) < 4.78 is 0. The second kappa shape index (κ2) is 8.91. The number of carbonyl (C=O) groups is 2. The third-order valence-electron chi connectivity index (χ3n) is 3.32. The Morgan fingerprint density at radius 3 is 2.78 bits per heavy atom. The highest BCUT2D eigenvalue weighted by Gasteiger charge is 2.14. The standard InChI is InChI=1S/C13H24N2O3/c16-12(15-9-2-1-5-13(17)18)7-6-11-4-3-8-14-10-11/h11,14H,1-10H2,(H,15,16)(H,17,18). The summed E-state index contributed by atoms with van der Waals surface area (Å²) in [6, 6.07) is 0. The molecule has 18 heavy (non-hydrogen) atoms. The van der Waals surface area contributed by atoms with Gasteiger partial charge in [-0.3, -0.25) is 9.59 Å². The van der Waals surface area contributed by atoms with Crippen LogP contribution in [0.15, 0.2) is 0 Å². The molecule has 5 nitrogen and oxygen atoms in total. The number of carboxylic acids is 1. The number of nitrogens with one attached hydrogen (secondary N) is 2. The van der Waals surface area contributed by atoms with Gasteiger partial charge >= 0.3 is 5.97 Å². The van der Waals surface area contributed by atoms with Crippen LogP contribution >= 0.6 is 0 Å². The smallest absolute Gasteiger partial charge is 0.303 e. The minimum absolute atomic E-state index is 0.0934. The van der Waals surface area contributed by atoms with Crippen molar-refractivity contribution in [3.63, 3.8) is 0 Å². The summed E-state index contributed by atoms with van der Waals surface area (Å²) >= 11 is 0. The highest BCUT2D eigenvalue weighted by molar-refractivity contribution is 5.75. The van der Waals surface area contributed by atoms with Gasteiger partial charge in [0.1, 0.15) is 0 Å². The zero-order valence-corrected chi connectivity index (χ0v) is 10.9. The van der Waals surface area contributed by atoms with E-state index in [0.29, 0.717) is 25.3 Å². The van der Waals surface area contributed by atoms with Gasteiger partial charge in [0.05, 0.1) is 0 Å². The van der Waals surface area contributed by atoms with Gasteiger partial charge in [-0.1, -0.05) is 0 Å². The summed E-state index contributed by atoms with van der Waals surface area (Å²) in [6.07, 6.45) is 5.52. The first-order valence-corrected chi connectivity index (χ1v) is 6.87. The molecule has 0 radical (unpaired) electrons. The van der Waals surface area contributed by atoms with Crippen molar-refractivity contribution in [3.05, 3.63) is 0 Å². The number of carboxylic acid groups (broad SMARTS) is 1. The molecule has 0 aliphatic carbocycles. The molecule has 0 aromatic rings. The molecule has 1 unspecified atom stereocenters. The summed E-state index contributed by atoms with van der Waals surface area (Å²) in [5, 5.41) is 14.6. The van der Waals surface area contributed by atoms with Gasteiger partial charge in [-0.25, -0.2) is 0 Å². The van der Waals surface area contributed by atoms with Crippen LogP contribution in [-0.4, -0.2) is 36.6 Å². The van der Waals surface area contributed by atoms with Crippen molar-refractivity contribution in [2.45, 2.75) is 44.9 Å². The number of rotatable bonds is 8. The Labute approximate surface area is 108 Å². The predicted octanol–water partition coefficient (Wildman–Crippen LogP) is 1.14. The first kappa shape index (κ1) is 15.0. The van der Waals surface area contributed by atoms with Crippen LogP contribution in [-0.2, 0) is 9.59 Å². The number of piperidine rings is 1. The maximum Gasteiger partial charge on any atom is 0.303 e. The second-order valence-electron chi connectivity index (χ2n) is 4.95. The molecular formula is C13H24N2O3. The number of unbranched alkanes of at least 4 members (excludes halogenated alkanes) is 1. The van der Waals surface area contributed by atoms with Crippen molar-refractivity contribution < 1.29 is 14.7 Å². The molecule has 1 aliphatic rings. The largest absolute Gasteiger partial charge is 0.481 e. The number of amides is 1. The zero-order chi connectivity index (χ0) is 13.2. The Bertz CT molecular complexity index is 263. The number of hydrogen-bond acceptors (Lipinski definition) is 3. The summed E-state index contributed by atoms with van der Waals surface area (Å²) in [7, 11) is 0. The molecule has 1 amide bonds. The van der Waals surface area contributed by atoms with E-state index in [0.717, 1.165) is 25.9 Å². The van der Waals surface area contributed by atoms with Gasteiger partial charge < -0.3 is 15.7 Å². The Morgan fingerprint density at radius 1 is 1.28 bits per heavy atom. The lowest BCUT2D eigenvalue weighted by Gasteiger charge is -2.22. The Morgan fingerprint density at radius 2 is 2.11 bits per heavy atom. The van der Waals surface area contributed by atoms with E-state index in [1.807, 2.05) is 0 Å². The Balaban J connectivity index is 1.94. The van der Waals surface area contributed by atoms with E-state index >= 15 is 0 Å². The molecular weight excluding hydrogens is 232 g/mol. The van der Waals surface area contributed by atoms with E-state index in [9.17, 15) is 9.59 Å². The summed E-state index contributed by atoms with van der Waals surface area (Å²) in [4.78, 5) is 21.8. The van der Waals surface area contributed by atoms with Gasteiger partial charge in [0.15, 0.2) is 0 Å². The summed E-state index contributed by atoms with van der Waals surface area (Å²) in [6.45, 7) is 2.73. The molecule has 1 rings (SSSR count). The summed E-state index contributed by atoms with van der Waals surface area (Å²) in [5.74, 6) is -0.0430. The number of hydrogen-bond donors (Lipinski definition) is 3. The maximum atomic E-state index is 11.5. The van der Waals surface area contributed by atoms with E-state index in [1.165, 1.54) is 12.8 Å². The van der Waals surface area contributed by atoms with Crippen LogP contribution < -0.4 is 10.6 Å². The third kappa shape index (κ3) is 7.27. The number of aliphatic carboxylic acids is 1. The average molecular weight is 256 g/mol. The van der Waals surface area contributed by atoms with Gasteiger partial charge in [-0.15, -0.1) is 0 Å². The van der Waals surface area contributed by atoms with Gasteiger partial charge in [-0.05, 0) is 51.1 Å². The lowest BCUT2D eigenvalue weighted by atomic mass is 9.94. The van der Waals surface area contributed by atoms with Gasteiger partial charge in [-0.2, -0.15) is 0 Å². The fraction of sp³-hybridized carbons (Fsp3) is 0.846. The molecule has 0 aromatic heterocycles. The molecule has 1 saturated heterocycles. The highest BCUT2D eigenvalue weighted by atomic mass is 16.4. The quantitative estimate of drug-likeness (QED) is 0.569. The van der Waals surface area contributed by atoms with Crippen molar-refractivity contribution in [2.75, 3.05) is 19.6 Å². The zero-order valence-electron chi connectivity index (χ0n) is 10.9. The maximum absolute atomic E-state index is 11.5. The first-order chi connectivity index (χ1) is 8.68. The predicted molar refractivity (Wildman–Crippen MR) is 69.3 cm³/mol. The van der Waals surface area contributed by atoms with Crippen LogP contribution in [0.4, 0.5) is 0 Å². The van der Waals surface area contributed by atoms with E-state index in [4.69, 9.17) is 5.11 Å². The van der Waals surface area contributed by atoms with Crippen LogP contribution in [0.25, 0.3) is 0 Å². The lowest BCUT2D eigenvalue weighted by molar-refractivity contribution is -0.137. The molecule has 0 spiro atoms. The molecule has 1 fully saturated rings. The first-order valence-electron chi connectivity index (χ1n) is 6.87. The van der Waals surface area contributed by atoms with Crippen LogP contribution in [0, 0.1) is 5.92 Å². The molecule has 0 saturated carbocycles. The Hall–Kier alpha value is -1.10. The minimum Gasteiger partial charge on any atom is -0.481 e. The van der Waals surface area contributed by atoms with Crippen molar-refractivity contribution >= 4 is 11.9 Å². The van der Waals surface area contributed by atoms with Gasteiger partial charge in [0.25, 0.3) is 0 Å². The molecule has 3 N–H and O–H groups in total. The monoisotopic (exact) mass is 256 g/mol. The molecule has 0 aromatic carbocycles. The normalized spacial score (nSPS) is 19.4. The molecule has 1 aliphatic heterocycles. The number of carbonyl (C=O) groups excluding carboxylic acids is 1. The van der Waals surface area contributed by atoms with E-state index in [-0.39, 0.29) is 12.3 Å². The van der Waals surface area contributed by atoms with Crippen molar-refractivity contribution in [2.24, 2.45) is 5.92 Å². The molecule has 0 bridgehead atoms. The highest BCUT2D eigenvalue weighted by Crippen LogP contribution is 2.15. The molecule has 1 heterocycles. The lowest BCUT2D eigenvalue weighted by Crippen LogP contribution is -2.31. The third-order valence-corrected chi connectivity index (χ3v) is 3.32. The van der Waals surface area contributed by atoms with Crippen molar-refractivity contribution in [1.82, 2.24) is 10.6 Å². The van der Waals surface area contributed by atoms with E-state index in [1.54, 1.807) is 0 Å².